The van der Waals surface area contributed by atoms with Crippen molar-refractivity contribution in [1.29, 1.82) is 0 Å². The van der Waals surface area contributed by atoms with Crippen LogP contribution in [0.2, 0.25) is 0 Å². The van der Waals surface area contributed by atoms with Crippen LogP contribution in [0, 0.1) is 6.92 Å². The predicted molar refractivity (Wildman–Crippen MR) is 103 cm³/mol. The molecular formula is C22H25NO3. The maximum Gasteiger partial charge on any atom is 0.299 e. The summed E-state index contributed by atoms with van der Waals surface area (Å²) in [5.41, 5.74) is 3.58. The number of aryl methyl sites for hydroxylation is 1. The van der Waals surface area contributed by atoms with Gasteiger partial charge in [0.25, 0.3) is 11.7 Å². The van der Waals surface area contributed by atoms with Crippen molar-refractivity contribution in [2.75, 3.05) is 18.1 Å². The SMILES string of the molecule is Cc1ccc2c(c1)C(=O)C(=O)N2CCCOc1ccc(C(C)(C)C)cc1. The number of hydrogen-bond acceptors (Lipinski definition) is 3. The second-order valence-electron chi connectivity index (χ2n) is 7.78. The average Bonchev–Trinajstić information content (AvgIpc) is 2.82. The van der Waals surface area contributed by atoms with Gasteiger partial charge in [-0.1, -0.05) is 44.5 Å². The zero-order chi connectivity index (χ0) is 18.9. The zero-order valence-electron chi connectivity index (χ0n) is 15.8. The van der Waals surface area contributed by atoms with Gasteiger partial charge in [0, 0.05) is 6.54 Å². The molecule has 136 valence electrons. The molecule has 3 rings (SSSR count). The van der Waals surface area contributed by atoms with Crippen molar-refractivity contribution in [1.82, 2.24) is 0 Å². The quantitative estimate of drug-likeness (QED) is 0.596. The van der Waals surface area contributed by atoms with Crippen molar-refractivity contribution in [3.8, 4) is 5.75 Å². The average molecular weight is 351 g/mol. The normalized spacial score (nSPS) is 13.9. The van der Waals surface area contributed by atoms with Crippen molar-refractivity contribution < 1.29 is 14.3 Å². The minimum Gasteiger partial charge on any atom is -0.494 e. The number of ether oxygens (including phenoxy) is 1. The van der Waals surface area contributed by atoms with Crippen molar-refractivity contribution in [3.05, 3.63) is 59.2 Å². The van der Waals surface area contributed by atoms with Crippen LogP contribution in [0.1, 0.15) is 48.7 Å². The predicted octanol–water partition coefficient (Wildman–Crippen LogP) is 4.29. The molecule has 26 heavy (non-hydrogen) atoms. The van der Waals surface area contributed by atoms with Crippen LogP contribution in [-0.4, -0.2) is 24.8 Å². The number of hydrogen-bond donors (Lipinski definition) is 0. The number of benzene rings is 2. The zero-order valence-corrected chi connectivity index (χ0v) is 15.8. The maximum atomic E-state index is 12.2. The second-order valence-corrected chi connectivity index (χ2v) is 7.78. The second kappa shape index (κ2) is 6.94. The Labute approximate surface area is 154 Å². The molecule has 1 aliphatic heterocycles. The van der Waals surface area contributed by atoms with E-state index in [1.807, 2.05) is 31.2 Å². The van der Waals surface area contributed by atoms with Gasteiger partial charge in [0.15, 0.2) is 0 Å². The van der Waals surface area contributed by atoms with Crippen molar-refractivity contribution in [2.24, 2.45) is 0 Å². The largest absolute Gasteiger partial charge is 0.494 e. The third-order valence-corrected chi connectivity index (χ3v) is 4.64. The first kappa shape index (κ1) is 18.2. The topological polar surface area (TPSA) is 46.6 Å². The van der Waals surface area contributed by atoms with Gasteiger partial charge >= 0.3 is 0 Å². The van der Waals surface area contributed by atoms with Crippen LogP contribution in [0.15, 0.2) is 42.5 Å². The molecule has 0 N–H and O–H groups in total. The van der Waals surface area contributed by atoms with Gasteiger partial charge in [0.2, 0.25) is 0 Å². The van der Waals surface area contributed by atoms with Crippen molar-refractivity contribution in [2.45, 2.75) is 39.5 Å². The van der Waals surface area contributed by atoms with E-state index in [-0.39, 0.29) is 5.41 Å². The van der Waals surface area contributed by atoms with Crippen LogP contribution in [0.5, 0.6) is 5.75 Å². The molecule has 0 atom stereocenters. The van der Waals surface area contributed by atoms with Crippen LogP contribution in [-0.2, 0) is 10.2 Å². The lowest BCUT2D eigenvalue weighted by molar-refractivity contribution is -0.114. The summed E-state index contributed by atoms with van der Waals surface area (Å²) in [4.78, 5) is 25.9. The molecule has 2 aromatic rings. The van der Waals surface area contributed by atoms with E-state index in [2.05, 4.69) is 32.9 Å². The number of carbonyl (C=O) groups excluding carboxylic acids is 2. The molecule has 1 heterocycles. The van der Waals surface area contributed by atoms with E-state index in [0.29, 0.717) is 30.8 Å². The van der Waals surface area contributed by atoms with Crippen LogP contribution in [0.4, 0.5) is 5.69 Å². The van der Waals surface area contributed by atoms with E-state index in [1.165, 1.54) is 5.56 Å². The number of rotatable bonds is 5. The minimum absolute atomic E-state index is 0.118. The summed E-state index contributed by atoms with van der Waals surface area (Å²) >= 11 is 0. The van der Waals surface area contributed by atoms with Gasteiger partial charge in [-0.2, -0.15) is 0 Å². The molecule has 2 aromatic carbocycles. The molecule has 0 fully saturated rings. The van der Waals surface area contributed by atoms with Gasteiger partial charge in [0.1, 0.15) is 5.75 Å². The maximum absolute atomic E-state index is 12.2. The fraction of sp³-hybridized carbons (Fsp3) is 0.364. The summed E-state index contributed by atoms with van der Waals surface area (Å²) in [5.74, 6) is -0.0413. The Morgan fingerprint density at radius 3 is 2.35 bits per heavy atom. The number of fused-ring (bicyclic) bond motifs is 1. The third-order valence-electron chi connectivity index (χ3n) is 4.64. The first-order valence-electron chi connectivity index (χ1n) is 8.97. The van der Waals surface area contributed by atoms with Crippen LogP contribution in [0.25, 0.3) is 0 Å². The van der Waals surface area contributed by atoms with Gasteiger partial charge in [-0.25, -0.2) is 0 Å². The molecule has 0 aliphatic carbocycles. The molecule has 0 aromatic heterocycles. The number of Topliss-reactive ketones (excluding diaryl/α,β-unsaturated/α-hetero) is 1. The van der Waals surface area contributed by atoms with E-state index in [4.69, 9.17) is 4.74 Å². The number of anilines is 1. The lowest BCUT2D eigenvalue weighted by atomic mass is 9.87. The molecule has 0 radical (unpaired) electrons. The van der Waals surface area contributed by atoms with Crippen molar-refractivity contribution >= 4 is 17.4 Å². The van der Waals surface area contributed by atoms with Crippen LogP contribution in [0.3, 0.4) is 0 Å². The van der Waals surface area contributed by atoms with Crippen molar-refractivity contribution in [3.63, 3.8) is 0 Å². The molecule has 0 spiro atoms. The number of carbonyl (C=O) groups is 2. The van der Waals surface area contributed by atoms with E-state index in [1.54, 1.807) is 11.0 Å². The smallest absolute Gasteiger partial charge is 0.299 e. The van der Waals surface area contributed by atoms with Gasteiger partial charge < -0.3 is 9.64 Å². The highest BCUT2D eigenvalue weighted by atomic mass is 16.5. The minimum atomic E-state index is -0.444. The molecule has 1 amide bonds. The molecule has 0 saturated carbocycles. The summed E-state index contributed by atoms with van der Waals surface area (Å²) in [6.07, 6.45) is 0.660. The molecule has 0 saturated heterocycles. The fourth-order valence-corrected chi connectivity index (χ4v) is 3.10. The number of ketones is 1. The van der Waals surface area contributed by atoms with E-state index < -0.39 is 11.7 Å². The summed E-state index contributed by atoms with van der Waals surface area (Å²) in [6, 6.07) is 13.7. The fourth-order valence-electron chi connectivity index (χ4n) is 3.10. The van der Waals surface area contributed by atoms with Gasteiger partial charge in [-0.3, -0.25) is 9.59 Å². The Morgan fingerprint density at radius 1 is 1.00 bits per heavy atom. The highest BCUT2D eigenvalue weighted by Gasteiger charge is 2.35. The van der Waals surface area contributed by atoms with E-state index in [9.17, 15) is 9.59 Å². The van der Waals surface area contributed by atoms with Gasteiger partial charge in [-0.15, -0.1) is 0 Å². The Morgan fingerprint density at radius 2 is 1.69 bits per heavy atom. The molecule has 0 bridgehead atoms. The molecular weight excluding hydrogens is 326 g/mol. The standard InChI is InChI=1S/C22H25NO3/c1-15-6-11-19-18(14-15)20(24)21(25)23(19)12-5-13-26-17-9-7-16(8-10-17)22(2,3)4/h6-11,14H,5,12-13H2,1-4H3. The Balaban J connectivity index is 1.56. The van der Waals surface area contributed by atoms with Crippen LogP contribution < -0.4 is 9.64 Å². The monoisotopic (exact) mass is 351 g/mol. The highest BCUT2D eigenvalue weighted by molar-refractivity contribution is 6.52. The molecule has 1 aliphatic rings. The summed E-state index contributed by atoms with van der Waals surface area (Å²) in [5, 5.41) is 0. The Hall–Kier alpha value is -2.62. The number of amides is 1. The van der Waals surface area contributed by atoms with Gasteiger partial charge in [0.05, 0.1) is 17.9 Å². The van der Waals surface area contributed by atoms with Crippen LogP contribution >= 0.6 is 0 Å². The first-order valence-corrected chi connectivity index (χ1v) is 8.97. The summed E-state index contributed by atoms with van der Waals surface area (Å²) in [7, 11) is 0. The Kier molecular flexibility index (Phi) is 4.86. The Bertz CT molecular complexity index is 831. The van der Waals surface area contributed by atoms with E-state index in [0.717, 1.165) is 11.3 Å². The molecule has 0 unspecified atom stereocenters. The molecule has 4 heteroatoms. The first-order chi connectivity index (χ1) is 12.3. The summed E-state index contributed by atoms with van der Waals surface area (Å²) < 4.78 is 5.78. The summed E-state index contributed by atoms with van der Waals surface area (Å²) in [6.45, 7) is 9.41. The lowest BCUT2D eigenvalue weighted by Crippen LogP contribution is -2.31. The highest BCUT2D eigenvalue weighted by Crippen LogP contribution is 2.30. The lowest BCUT2D eigenvalue weighted by Gasteiger charge is -2.19. The molecule has 4 nitrogen and oxygen atoms in total. The van der Waals surface area contributed by atoms with E-state index >= 15 is 0 Å². The number of nitrogens with zero attached hydrogens (tertiary/aromatic N) is 1. The van der Waals surface area contributed by atoms with Gasteiger partial charge in [-0.05, 0) is 48.6 Å². The third kappa shape index (κ3) is 3.64.